The van der Waals surface area contributed by atoms with Crippen LogP contribution in [-0.2, 0) is 12.7 Å². The van der Waals surface area contributed by atoms with Gasteiger partial charge in [0, 0.05) is 4.88 Å². The van der Waals surface area contributed by atoms with Gasteiger partial charge in [0.15, 0.2) is 0 Å². The standard InChI is InChI=1S/C12H13F3N4S/c1-7-2-3-20-9(7)6-17-10-4-8(12(13,14)15)5-11(18-10)19-16/h2-5H,6,16H2,1H3,(H2,17,18,19). The van der Waals surface area contributed by atoms with Gasteiger partial charge < -0.3 is 10.7 Å². The van der Waals surface area contributed by atoms with E-state index in [1.165, 1.54) is 11.3 Å². The lowest BCUT2D eigenvalue weighted by Gasteiger charge is -2.12. The largest absolute Gasteiger partial charge is 0.416 e. The van der Waals surface area contributed by atoms with Crippen LogP contribution in [0.2, 0.25) is 0 Å². The Morgan fingerprint density at radius 3 is 2.55 bits per heavy atom. The van der Waals surface area contributed by atoms with Gasteiger partial charge in [-0.2, -0.15) is 13.2 Å². The normalized spacial score (nSPS) is 11.4. The second-order valence-electron chi connectivity index (χ2n) is 4.15. The number of halogens is 3. The number of nitrogens with two attached hydrogens (primary N) is 1. The van der Waals surface area contributed by atoms with E-state index in [0.717, 1.165) is 22.6 Å². The molecule has 0 aromatic carbocycles. The first-order valence-electron chi connectivity index (χ1n) is 5.73. The Labute approximate surface area is 117 Å². The average Bonchev–Trinajstić information content (AvgIpc) is 2.80. The van der Waals surface area contributed by atoms with Crippen molar-refractivity contribution in [3.63, 3.8) is 0 Å². The summed E-state index contributed by atoms with van der Waals surface area (Å²) >= 11 is 1.54. The minimum absolute atomic E-state index is 0.0368. The van der Waals surface area contributed by atoms with Crippen LogP contribution in [0.15, 0.2) is 23.6 Å². The molecular weight excluding hydrogens is 289 g/mol. The molecule has 0 unspecified atom stereocenters. The summed E-state index contributed by atoms with van der Waals surface area (Å²) in [6.45, 7) is 2.36. The van der Waals surface area contributed by atoms with Crippen LogP contribution in [-0.4, -0.2) is 4.98 Å². The van der Waals surface area contributed by atoms with Crippen molar-refractivity contribution >= 4 is 23.0 Å². The van der Waals surface area contributed by atoms with Gasteiger partial charge >= 0.3 is 6.18 Å². The number of aromatic nitrogens is 1. The van der Waals surface area contributed by atoms with Crippen LogP contribution in [0.5, 0.6) is 0 Å². The lowest BCUT2D eigenvalue weighted by atomic mass is 10.2. The van der Waals surface area contributed by atoms with Gasteiger partial charge in [0.05, 0.1) is 12.1 Å². The smallest absolute Gasteiger partial charge is 0.365 e. The minimum Gasteiger partial charge on any atom is -0.365 e. The van der Waals surface area contributed by atoms with Crippen molar-refractivity contribution in [3.05, 3.63) is 39.6 Å². The molecule has 0 atom stereocenters. The Hall–Kier alpha value is -1.80. The second kappa shape index (κ2) is 5.68. The zero-order valence-electron chi connectivity index (χ0n) is 10.6. The number of hydrogen-bond donors (Lipinski definition) is 3. The average molecular weight is 302 g/mol. The summed E-state index contributed by atoms with van der Waals surface area (Å²) in [6, 6.07) is 3.78. The monoisotopic (exact) mass is 302 g/mol. The zero-order valence-corrected chi connectivity index (χ0v) is 11.4. The maximum absolute atomic E-state index is 12.7. The molecule has 4 N–H and O–H groups in total. The van der Waals surface area contributed by atoms with Gasteiger partial charge in [-0.1, -0.05) is 0 Å². The molecule has 20 heavy (non-hydrogen) atoms. The number of thiophene rings is 1. The van der Waals surface area contributed by atoms with Gasteiger partial charge in [-0.05, 0) is 36.1 Å². The van der Waals surface area contributed by atoms with E-state index >= 15 is 0 Å². The van der Waals surface area contributed by atoms with E-state index in [9.17, 15) is 13.2 Å². The van der Waals surface area contributed by atoms with Gasteiger partial charge in [0.25, 0.3) is 0 Å². The first kappa shape index (κ1) is 14.6. The highest BCUT2D eigenvalue weighted by molar-refractivity contribution is 7.10. The first-order chi connectivity index (χ1) is 9.40. The summed E-state index contributed by atoms with van der Waals surface area (Å²) in [5.74, 6) is 5.23. The van der Waals surface area contributed by atoms with E-state index in [-0.39, 0.29) is 11.6 Å². The number of anilines is 2. The highest BCUT2D eigenvalue weighted by Gasteiger charge is 2.31. The van der Waals surface area contributed by atoms with Crippen LogP contribution in [0.25, 0.3) is 0 Å². The van der Waals surface area contributed by atoms with Crippen LogP contribution in [0, 0.1) is 6.92 Å². The Kier molecular flexibility index (Phi) is 4.15. The fourth-order valence-electron chi connectivity index (χ4n) is 1.61. The molecule has 0 fully saturated rings. The molecule has 2 aromatic rings. The molecule has 0 bridgehead atoms. The molecule has 0 saturated carbocycles. The van der Waals surface area contributed by atoms with E-state index < -0.39 is 11.7 Å². The molecule has 108 valence electrons. The van der Waals surface area contributed by atoms with Crippen molar-refractivity contribution < 1.29 is 13.2 Å². The zero-order chi connectivity index (χ0) is 14.8. The summed E-state index contributed by atoms with van der Waals surface area (Å²) in [6.07, 6.45) is -4.44. The van der Waals surface area contributed by atoms with Crippen LogP contribution in [0.3, 0.4) is 0 Å². The molecule has 0 aliphatic carbocycles. The molecule has 2 heterocycles. The van der Waals surface area contributed by atoms with Gasteiger partial charge in [-0.3, -0.25) is 0 Å². The van der Waals surface area contributed by atoms with Crippen molar-refractivity contribution in [2.45, 2.75) is 19.6 Å². The predicted octanol–water partition coefficient (Wildman–Crippen LogP) is 3.37. The summed E-state index contributed by atoms with van der Waals surface area (Å²) in [5.41, 5.74) is 2.43. The van der Waals surface area contributed by atoms with E-state index in [1.807, 2.05) is 18.4 Å². The van der Waals surface area contributed by atoms with E-state index in [2.05, 4.69) is 15.7 Å². The van der Waals surface area contributed by atoms with Gasteiger partial charge in [-0.25, -0.2) is 10.8 Å². The molecule has 0 spiro atoms. The molecule has 4 nitrogen and oxygen atoms in total. The molecule has 0 aliphatic rings. The number of aryl methyl sites for hydroxylation is 1. The van der Waals surface area contributed by atoms with E-state index in [4.69, 9.17) is 5.84 Å². The Bertz CT molecular complexity index is 595. The second-order valence-corrected chi connectivity index (χ2v) is 5.15. The Morgan fingerprint density at radius 1 is 1.30 bits per heavy atom. The highest BCUT2D eigenvalue weighted by atomic mass is 32.1. The van der Waals surface area contributed by atoms with Crippen molar-refractivity contribution in [2.24, 2.45) is 5.84 Å². The SMILES string of the molecule is Cc1ccsc1CNc1cc(C(F)(F)F)cc(NN)n1. The third-order valence-electron chi connectivity index (χ3n) is 2.70. The maximum atomic E-state index is 12.7. The minimum atomic E-state index is -4.44. The molecular formula is C12H13F3N4S. The van der Waals surface area contributed by atoms with Gasteiger partial charge in [0.1, 0.15) is 11.6 Å². The van der Waals surface area contributed by atoms with E-state index in [1.54, 1.807) is 0 Å². The quantitative estimate of drug-likeness (QED) is 0.598. The Balaban J connectivity index is 2.21. The van der Waals surface area contributed by atoms with Crippen LogP contribution in [0.1, 0.15) is 16.0 Å². The lowest BCUT2D eigenvalue weighted by Crippen LogP contribution is -2.13. The van der Waals surface area contributed by atoms with Crippen LogP contribution in [0.4, 0.5) is 24.8 Å². The van der Waals surface area contributed by atoms with E-state index in [0.29, 0.717) is 6.54 Å². The topological polar surface area (TPSA) is 63.0 Å². The summed E-state index contributed by atoms with van der Waals surface area (Å²) in [7, 11) is 0. The molecule has 0 saturated heterocycles. The highest BCUT2D eigenvalue weighted by Crippen LogP contribution is 2.32. The molecule has 2 aromatic heterocycles. The van der Waals surface area contributed by atoms with Gasteiger partial charge in [-0.15, -0.1) is 11.3 Å². The summed E-state index contributed by atoms with van der Waals surface area (Å²) < 4.78 is 38.2. The first-order valence-corrected chi connectivity index (χ1v) is 6.61. The third kappa shape index (κ3) is 3.40. The third-order valence-corrected chi connectivity index (χ3v) is 3.72. The molecule has 0 radical (unpaired) electrons. The fourth-order valence-corrected chi connectivity index (χ4v) is 2.46. The molecule has 0 amide bonds. The lowest BCUT2D eigenvalue weighted by molar-refractivity contribution is -0.137. The molecule has 2 rings (SSSR count). The van der Waals surface area contributed by atoms with Crippen molar-refractivity contribution in [3.8, 4) is 0 Å². The number of alkyl halides is 3. The van der Waals surface area contributed by atoms with Crippen molar-refractivity contribution in [1.82, 2.24) is 4.98 Å². The number of nitrogen functional groups attached to an aromatic ring is 1. The fraction of sp³-hybridized carbons (Fsp3) is 0.250. The van der Waals surface area contributed by atoms with Crippen molar-refractivity contribution in [2.75, 3.05) is 10.7 Å². The number of hydrogen-bond acceptors (Lipinski definition) is 5. The van der Waals surface area contributed by atoms with Crippen LogP contribution >= 0.6 is 11.3 Å². The number of nitrogens with zero attached hydrogens (tertiary/aromatic N) is 1. The number of pyridine rings is 1. The van der Waals surface area contributed by atoms with Gasteiger partial charge in [0.2, 0.25) is 0 Å². The molecule has 8 heteroatoms. The molecule has 0 aliphatic heterocycles. The number of hydrazine groups is 1. The number of rotatable bonds is 4. The maximum Gasteiger partial charge on any atom is 0.416 e. The summed E-state index contributed by atoms with van der Waals surface area (Å²) in [4.78, 5) is 5.00. The van der Waals surface area contributed by atoms with Crippen molar-refractivity contribution in [1.29, 1.82) is 0 Å². The Morgan fingerprint density at radius 2 is 2.00 bits per heavy atom. The summed E-state index contributed by atoms with van der Waals surface area (Å²) in [5, 5.41) is 4.81. The number of nitrogens with one attached hydrogen (secondary N) is 2. The predicted molar refractivity (Wildman–Crippen MR) is 73.4 cm³/mol. The van der Waals surface area contributed by atoms with Crippen LogP contribution < -0.4 is 16.6 Å².